The van der Waals surface area contributed by atoms with Gasteiger partial charge in [0.05, 0.1) is 30.4 Å². The van der Waals surface area contributed by atoms with Gasteiger partial charge in [-0.05, 0) is 42.8 Å². The fourth-order valence-electron chi connectivity index (χ4n) is 2.32. The summed E-state index contributed by atoms with van der Waals surface area (Å²) in [7, 11) is 3.05. The largest absolute Gasteiger partial charge is 0.497 e. The molecule has 0 aliphatic rings. The molecule has 0 fully saturated rings. The molecule has 0 aliphatic heterocycles. The van der Waals surface area contributed by atoms with Crippen molar-refractivity contribution in [2.45, 2.75) is 12.8 Å². The number of ether oxygens (including phenoxy) is 2. The predicted octanol–water partition coefficient (Wildman–Crippen LogP) is 3.88. The third kappa shape index (κ3) is 3.89. The number of hydrogen-bond donors (Lipinski definition) is 1. The highest BCUT2D eigenvalue weighted by Gasteiger charge is 2.15. The molecule has 3 aromatic rings. The van der Waals surface area contributed by atoms with Gasteiger partial charge in [-0.1, -0.05) is 23.5 Å². The van der Waals surface area contributed by atoms with E-state index in [0.717, 1.165) is 21.5 Å². The second kappa shape index (κ2) is 7.50. The van der Waals surface area contributed by atoms with Gasteiger partial charge in [-0.3, -0.25) is 9.63 Å². The number of benzene rings is 2. The van der Waals surface area contributed by atoms with Crippen LogP contribution in [0.4, 0.5) is 0 Å². The summed E-state index contributed by atoms with van der Waals surface area (Å²) in [5.41, 5.74) is 4.07. The molecule has 0 radical (unpaired) electrons. The van der Waals surface area contributed by atoms with E-state index in [1.54, 1.807) is 7.11 Å². The summed E-state index contributed by atoms with van der Waals surface area (Å²) in [4.78, 5) is 20.9. The number of amides is 1. The lowest BCUT2D eigenvalue weighted by Crippen LogP contribution is -2.26. The molecule has 3 rings (SSSR count). The number of nitrogens with zero attached hydrogens (tertiary/aromatic N) is 1. The van der Waals surface area contributed by atoms with E-state index >= 15 is 0 Å². The minimum Gasteiger partial charge on any atom is -0.497 e. The Bertz CT molecular complexity index is 876. The normalized spacial score (nSPS) is 12.0. The van der Waals surface area contributed by atoms with Crippen molar-refractivity contribution in [3.8, 4) is 16.7 Å². The van der Waals surface area contributed by atoms with Crippen LogP contribution >= 0.6 is 11.3 Å². The van der Waals surface area contributed by atoms with E-state index in [-0.39, 0.29) is 11.8 Å². The fraction of sp³-hybridized carbons (Fsp3) is 0.222. The molecule has 0 aliphatic carbocycles. The van der Waals surface area contributed by atoms with Crippen molar-refractivity contribution >= 4 is 27.5 Å². The topological polar surface area (TPSA) is 69.7 Å². The smallest absolute Gasteiger partial charge is 0.279 e. The van der Waals surface area contributed by atoms with Gasteiger partial charge in [-0.25, -0.2) is 10.5 Å². The second-order valence-electron chi connectivity index (χ2n) is 5.38. The predicted molar refractivity (Wildman–Crippen MR) is 96.3 cm³/mol. The van der Waals surface area contributed by atoms with E-state index in [9.17, 15) is 4.79 Å². The van der Waals surface area contributed by atoms with Gasteiger partial charge in [0.1, 0.15) is 11.5 Å². The summed E-state index contributed by atoms with van der Waals surface area (Å²) in [6.07, 6.45) is 0. The first-order valence-corrected chi connectivity index (χ1v) is 8.47. The molecule has 1 atom stereocenters. The van der Waals surface area contributed by atoms with Crippen molar-refractivity contribution in [2.75, 3.05) is 14.2 Å². The zero-order chi connectivity index (χ0) is 17.8. The van der Waals surface area contributed by atoms with E-state index in [1.165, 1.54) is 18.4 Å². The summed E-state index contributed by atoms with van der Waals surface area (Å²) in [5, 5.41) is 0.557. The molecule has 1 unspecified atom stereocenters. The molecular formula is C18H18N2O4S. The molecule has 0 spiro atoms. The maximum atomic E-state index is 11.8. The monoisotopic (exact) mass is 358 g/mol. The van der Waals surface area contributed by atoms with Gasteiger partial charge in [0.2, 0.25) is 0 Å². The Kier molecular flexibility index (Phi) is 5.16. The van der Waals surface area contributed by atoms with Crippen molar-refractivity contribution in [1.29, 1.82) is 0 Å². The first-order chi connectivity index (χ1) is 12.1. The Morgan fingerprint density at radius 2 is 1.84 bits per heavy atom. The molecule has 7 heteroatoms. The molecular weight excluding hydrogens is 340 g/mol. The number of carbonyl (C=O) groups is 1. The van der Waals surface area contributed by atoms with Crippen LogP contribution in [-0.4, -0.2) is 25.1 Å². The van der Waals surface area contributed by atoms with Gasteiger partial charge < -0.3 is 9.47 Å². The highest BCUT2D eigenvalue weighted by molar-refractivity contribution is 7.20. The Morgan fingerprint density at radius 1 is 1.12 bits per heavy atom. The third-order valence-electron chi connectivity index (χ3n) is 3.76. The molecule has 0 saturated carbocycles. The van der Waals surface area contributed by atoms with Crippen LogP contribution in [0.5, 0.6) is 16.7 Å². The first-order valence-electron chi connectivity index (χ1n) is 7.66. The SMILES string of the molecule is CONC(=O)C(C)c1ccc(Oc2nc3ccc(OC)cc3s2)cc1. The number of fused-ring (bicyclic) bond motifs is 1. The molecule has 6 nitrogen and oxygen atoms in total. The zero-order valence-electron chi connectivity index (χ0n) is 14.1. The average Bonchev–Trinajstić information content (AvgIpc) is 3.03. The van der Waals surface area contributed by atoms with Crippen LogP contribution in [0.1, 0.15) is 18.4 Å². The van der Waals surface area contributed by atoms with Crippen LogP contribution < -0.4 is 15.0 Å². The van der Waals surface area contributed by atoms with Gasteiger partial charge >= 0.3 is 0 Å². The van der Waals surface area contributed by atoms with Gasteiger partial charge in [0, 0.05) is 0 Å². The lowest BCUT2D eigenvalue weighted by molar-refractivity contribution is -0.132. The summed E-state index contributed by atoms with van der Waals surface area (Å²) >= 11 is 1.45. The van der Waals surface area contributed by atoms with Crippen LogP contribution in [0, 0.1) is 0 Å². The molecule has 130 valence electrons. The van der Waals surface area contributed by atoms with Gasteiger partial charge in [0.15, 0.2) is 0 Å². The maximum Gasteiger partial charge on any atom is 0.279 e. The summed E-state index contributed by atoms with van der Waals surface area (Å²) in [5.74, 6) is 0.935. The minimum absolute atomic E-state index is 0.198. The molecule has 1 amide bonds. The van der Waals surface area contributed by atoms with Crippen molar-refractivity contribution in [1.82, 2.24) is 10.5 Å². The standard InChI is InChI=1S/C18H18N2O4S/c1-11(17(21)20-23-3)12-4-6-13(7-5-12)24-18-19-15-9-8-14(22-2)10-16(15)25-18/h4-11H,1-3H3,(H,20,21). The zero-order valence-corrected chi connectivity index (χ0v) is 14.9. The Labute approximate surface area is 149 Å². The number of carbonyl (C=O) groups excluding carboxylic acids is 1. The van der Waals surface area contributed by atoms with E-state index in [1.807, 2.05) is 49.4 Å². The highest BCUT2D eigenvalue weighted by atomic mass is 32.1. The molecule has 1 heterocycles. The van der Waals surface area contributed by atoms with Crippen LogP contribution in [0.25, 0.3) is 10.2 Å². The van der Waals surface area contributed by atoms with Crippen LogP contribution in [0.2, 0.25) is 0 Å². The van der Waals surface area contributed by atoms with E-state index < -0.39 is 0 Å². The fourth-order valence-corrected chi connectivity index (χ4v) is 3.18. The minimum atomic E-state index is -0.316. The molecule has 25 heavy (non-hydrogen) atoms. The van der Waals surface area contributed by atoms with Crippen LogP contribution in [0.15, 0.2) is 42.5 Å². The Balaban J connectivity index is 1.74. The van der Waals surface area contributed by atoms with Crippen molar-refractivity contribution < 1.29 is 19.1 Å². The van der Waals surface area contributed by atoms with Crippen LogP contribution in [0.3, 0.4) is 0 Å². The number of methoxy groups -OCH3 is 1. The number of nitrogens with one attached hydrogen (secondary N) is 1. The van der Waals surface area contributed by atoms with Crippen molar-refractivity contribution in [3.63, 3.8) is 0 Å². The highest BCUT2D eigenvalue weighted by Crippen LogP contribution is 2.33. The lowest BCUT2D eigenvalue weighted by atomic mass is 10.0. The molecule has 1 aromatic heterocycles. The maximum absolute atomic E-state index is 11.8. The summed E-state index contributed by atoms with van der Waals surface area (Å²) in [6, 6.07) is 13.0. The molecule has 0 saturated heterocycles. The van der Waals surface area contributed by atoms with Gasteiger partial charge in [-0.2, -0.15) is 0 Å². The molecule has 1 N–H and O–H groups in total. The number of rotatable bonds is 6. The van der Waals surface area contributed by atoms with E-state index in [4.69, 9.17) is 9.47 Å². The van der Waals surface area contributed by atoms with E-state index in [2.05, 4.69) is 15.3 Å². The van der Waals surface area contributed by atoms with Crippen LogP contribution in [-0.2, 0) is 9.63 Å². The first kappa shape index (κ1) is 17.2. The second-order valence-corrected chi connectivity index (χ2v) is 6.37. The summed E-state index contributed by atoms with van der Waals surface area (Å²) in [6.45, 7) is 1.81. The van der Waals surface area contributed by atoms with Crippen molar-refractivity contribution in [3.05, 3.63) is 48.0 Å². The number of thiazole rings is 1. The number of aromatic nitrogens is 1. The molecule has 2 aromatic carbocycles. The summed E-state index contributed by atoms with van der Waals surface area (Å²) < 4.78 is 12.0. The van der Waals surface area contributed by atoms with Gasteiger partial charge in [0.25, 0.3) is 11.1 Å². The third-order valence-corrected chi connectivity index (χ3v) is 4.65. The van der Waals surface area contributed by atoms with E-state index in [0.29, 0.717) is 10.9 Å². The number of hydroxylamine groups is 1. The van der Waals surface area contributed by atoms with Gasteiger partial charge in [-0.15, -0.1) is 0 Å². The quantitative estimate of drug-likeness (QED) is 0.677. The lowest BCUT2D eigenvalue weighted by Gasteiger charge is -2.11. The average molecular weight is 358 g/mol. The van der Waals surface area contributed by atoms with Crippen molar-refractivity contribution in [2.24, 2.45) is 0 Å². The molecule has 0 bridgehead atoms. The Hall–Kier alpha value is -2.64. The number of hydrogen-bond acceptors (Lipinski definition) is 6. The Morgan fingerprint density at radius 3 is 2.52 bits per heavy atom.